The number of ether oxygens (including phenoxy) is 1. The maximum Gasteiger partial charge on any atom is 0.309 e. The minimum atomic E-state index is -0.551. The van der Waals surface area contributed by atoms with Gasteiger partial charge in [0.15, 0.2) is 0 Å². The summed E-state index contributed by atoms with van der Waals surface area (Å²) in [6.45, 7) is 13.7. The summed E-state index contributed by atoms with van der Waals surface area (Å²) in [5, 5.41) is 10.2. The molecule has 3 N–H and O–H groups in total. The molecule has 0 heterocycles. The molecule has 5 rings (SSSR count). The smallest absolute Gasteiger partial charge is 0.309 e. The maximum absolute atomic E-state index is 13.6. The van der Waals surface area contributed by atoms with Gasteiger partial charge < -0.3 is 15.6 Å². The second kappa shape index (κ2) is 14.3. The van der Waals surface area contributed by atoms with Crippen LogP contribution in [-0.2, 0) is 16.0 Å². The van der Waals surface area contributed by atoms with E-state index in [2.05, 4.69) is 108 Å². The van der Waals surface area contributed by atoms with Crippen LogP contribution in [0.1, 0.15) is 124 Å². The molecule has 0 saturated heterocycles. The number of carbonyl (C=O) groups excluding carboxylic acids is 1. The van der Waals surface area contributed by atoms with Gasteiger partial charge in [0.2, 0.25) is 0 Å². The van der Waals surface area contributed by atoms with Crippen LogP contribution in [0.2, 0.25) is 0 Å². The summed E-state index contributed by atoms with van der Waals surface area (Å²) in [4.78, 5) is 13.6. The lowest BCUT2D eigenvalue weighted by atomic mass is 9.47. The van der Waals surface area contributed by atoms with E-state index < -0.39 is 5.60 Å². The van der Waals surface area contributed by atoms with Gasteiger partial charge in [-0.3, -0.25) is 4.79 Å². The van der Waals surface area contributed by atoms with Gasteiger partial charge in [0.25, 0.3) is 0 Å². The molecule has 0 aromatic heterocycles. The van der Waals surface area contributed by atoms with E-state index in [1.54, 1.807) is 5.57 Å². The molecular formula is C38H56I3NO3. The van der Waals surface area contributed by atoms with Crippen molar-refractivity contribution >= 4 is 79.4 Å². The fourth-order valence-electron chi connectivity index (χ4n) is 10.5. The van der Waals surface area contributed by atoms with Crippen LogP contribution in [-0.4, -0.2) is 22.8 Å². The first kappa shape index (κ1) is 36.7. The van der Waals surface area contributed by atoms with Crippen LogP contribution < -0.4 is 5.73 Å². The summed E-state index contributed by atoms with van der Waals surface area (Å²) in [6, 6.07) is 2.12. The average molecular weight is 956 g/mol. The number of nitrogens with two attached hydrogens (primary N) is 1. The van der Waals surface area contributed by atoms with Crippen molar-refractivity contribution in [3.05, 3.63) is 34.0 Å². The van der Waals surface area contributed by atoms with Crippen molar-refractivity contribution in [1.29, 1.82) is 0 Å². The molecule has 0 aliphatic heterocycles. The van der Waals surface area contributed by atoms with E-state index in [9.17, 15) is 9.90 Å². The molecule has 4 aliphatic carbocycles. The fourth-order valence-corrected chi connectivity index (χ4v) is 14.3. The molecule has 252 valence electrons. The lowest BCUT2D eigenvalue weighted by Gasteiger charge is -2.58. The van der Waals surface area contributed by atoms with E-state index in [1.807, 2.05) is 13.8 Å². The molecule has 4 nitrogen and oxygen atoms in total. The number of anilines is 1. The summed E-state index contributed by atoms with van der Waals surface area (Å²) in [5.41, 5.74) is 10.1. The Balaban J connectivity index is 1.22. The highest BCUT2D eigenvalue weighted by Crippen LogP contribution is 2.67. The van der Waals surface area contributed by atoms with Gasteiger partial charge in [0, 0.05) is 17.1 Å². The number of allylic oxidation sites excluding steroid dienone is 1. The third kappa shape index (κ3) is 7.46. The number of hydrogen-bond acceptors (Lipinski definition) is 4. The van der Waals surface area contributed by atoms with Gasteiger partial charge in [-0.1, -0.05) is 52.2 Å². The van der Waals surface area contributed by atoms with Crippen molar-refractivity contribution in [2.45, 2.75) is 137 Å². The number of rotatable bonds is 10. The van der Waals surface area contributed by atoms with Crippen molar-refractivity contribution in [3.63, 3.8) is 0 Å². The molecule has 0 spiro atoms. The molecule has 0 amide bonds. The second-order valence-corrected chi connectivity index (χ2v) is 19.7. The number of hydrogen-bond donors (Lipinski definition) is 2. The number of fused-ring (bicyclic) bond motifs is 5. The number of benzene rings is 1. The Morgan fingerprint density at radius 2 is 1.84 bits per heavy atom. The molecule has 7 heteroatoms. The normalized spacial score (nSPS) is 34.3. The van der Waals surface area contributed by atoms with Crippen LogP contribution in [0.25, 0.3) is 0 Å². The Labute approximate surface area is 314 Å². The monoisotopic (exact) mass is 955 g/mol. The summed E-state index contributed by atoms with van der Waals surface area (Å²) in [7, 11) is 0. The third-order valence-electron chi connectivity index (χ3n) is 13.1. The van der Waals surface area contributed by atoms with Gasteiger partial charge in [-0.2, -0.15) is 0 Å². The summed E-state index contributed by atoms with van der Waals surface area (Å²) in [5.74, 6) is 3.74. The Morgan fingerprint density at radius 3 is 2.53 bits per heavy atom. The number of carbonyl (C=O) groups is 1. The summed E-state index contributed by atoms with van der Waals surface area (Å²) >= 11 is 7.01. The lowest BCUT2D eigenvalue weighted by molar-refractivity contribution is -0.156. The zero-order valence-corrected chi connectivity index (χ0v) is 34.8. The summed E-state index contributed by atoms with van der Waals surface area (Å²) in [6.07, 6.45) is 17.0. The van der Waals surface area contributed by atoms with E-state index in [4.69, 9.17) is 10.5 Å². The Kier molecular flexibility index (Phi) is 11.7. The molecule has 3 saturated carbocycles. The minimum absolute atomic E-state index is 0.00294. The van der Waals surface area contributed by atoms with Gasteiger partial charge in [0.05, 0.1) is 17.2 Å². The van der Waals surface area contributed by atoms with Gasteiger partial charge in [-0.15, -0.1) is 0 Å². The Morgan fingerprint density at radius 1 is 1.11 bits per heavy atom. The number of nitrogen functional groups attached to an aromatic ring is 1. The topological polar surface area (TPSA) is 72.6 Å². The number of esters is 1. The SMILES string of the molecule is CCC(Cc1c(I)cc(I)c(N)c1I)C(=O)O[C@H]1CC[C@@]2(C)C(=CCC3C2CC[C@@]2(C)C3CC[C@@H]2[C@H](C)CCCC(C)(C)O)C1. The molecule has 0 bridgehead atoms. The highest BCUT2D eigenvalue weighted by atomic mass is 127. The summed E-state index contributed by atoms with van der Waals surface area (Å²) < 4.78 is 9.64. The predicted molar refractivity (Wildman–Crippen MR) is 211 cm³/mol. The van der Waals surface area contributed by atoms with Gasteiger partial charge in [0.1, 0.15) is 6.10 Å². The largest absolute Gasteiger partial charge is 0.462 e. The van der Waals surface area contributed by atoms with Gasteiger partial charge in [-0.25, -0.2) is 0 Å². The van der Waals surface area contributed by atoms with Crippen molar-refractivity contribution in [2.24, 2.45) is 46.3 Å². The highest BCUT2D eigenvalue weighted by Gasteiger charge is 2.59. The second-order valence-electron chi connectivity index (χ2n) is 16.3. The fraction of sp³-hybridized carbons (Fsp3) is 0.763. The molecule has 9 atom stereocenters. The van der Waals surface area contributed by atoms with Crippen LogP contribution >= 0.6 is 67.8 Å². The van der Waals surface area contributed by atoms with E-state index in [0.717, 1.165) is 80.9 Å². The van der Waals surface area contributed by atoms with Crippen molar-refractivity contribution in [3.8, 4) is 0 Å². The zero-order chi connectivity index (χ0) is 32.9. The molecule has 3 fully saturated rings. The molecular weight excluding hydrogens is 899 g/mol. The molecule has 45 heavy (non-hydrogen) atoms. The molecule has 0 radical (unpaired) electrons. The van der Waals surface area contributed by atoms with Crippen LogP contribution in [0, 0.1) is 57.0 Å². The van der Waals surface area contributed by atoms with Crippen LogP contribution in [0.4, 0.5) is 5.69 Å². The first-order valence-electron chi connectivity index (χ1n) is 17.6. The van der Waals surface area contributed by atoms with E-state index in [0.29, 0.717) is 11.8 Å². The Bertz CT molecular complexity index is 1290. The van der Waals surface area contributed by atoms with Crippen LogP contribution in [0.15, 0.2) is 17.7 Å². The standard InChI is InChI=1S/C38H56I3NO3/c1-7-23(19-27-31(39)21-32(40)34(42)33(27)41)35(43)45-25-14-17-37(5)24(20-25)10-11-26-29-13-12-28(38(29,6)18-15-30(26)37)22(2)9-8-16-36(3,4)44/h10,21-23,25-26,28-30,44H,7-9,11-20,42H2,1-6H3/t22-,23?,25+,26?,28-,29?,30?,37+,38-/m1/s1. The average Bonchev–Trinajstić information content (AvgIpc) is 3.33. The first-order chi connectivity index (χ1) is 21.1. The molecule has 1 aromatic rings. The lowest BCUT2D eigenvalue weighted by Crippen LogP contribution is -2.51. The van der Waals surface area contributed by atoms with E-state index in [-0.39, 0.29) is 23.4 Å². The van der Waals surface area contributed by atoms with Gasteiger partial charge in [-0.05, 0) is 198 Å². The molecule has 4 unspecified atom stereocenters. The van der Waals surface area contributed by atoms with Crippen LogP contribution in [0.3, 0.4) is 0 Å². The van der Waals surface area contributed by atoms with Crippen molar-refractivity contribution in [2.75, 3.05) is 5.73 Å². The quantitative estimate of drug-likeness (QED) is 0.106. The zero-order valence-electron chi connectivity index (χ0n) is 28.4. The minimum Gasteiger partial charge on any atom is -0.462 e. The first-order valence-corrected chi connectivity index (χ1v) is 20.9. The maximum atomic E-state index is 13.6. The molecule has 4 aliphatic rings. The highest BCUT2D eigenvalue weighted by molar-refractivity contribution is 14.1. The van der Waals surface area contributed by atoms with E-state index >= 15 is 0 Å². The van der Waals surface area contributed by atoms with Crippen LogP contribution in [0.5, 0.6) is 0 Å². The number of aliphatic hydroxyl groups is 1. The Hall–Kier alpha value is 0.380. The molecule has 1 aromatic carbocycles. The van der Waals surface area contributed by atoms with E-state index in [1.165, 1.54) is 47.7 Å². The number of halogens is 3. The predicted octanol–water partition coefficient (Wildman–Crippen LogP) is 10.7. The van der Waals surface area contributed by atoms with Crippen molar-refractivity contribution < 1.29 is 14.6 Å². The third-order valence-corrected chi connectivity index (χ3v) is 16.2. The van der Waals surface area contributed by atoms with Gasteiger partial charge >= 0.3 is 5.97 Å². The van der Waals surface area contributed by atoms with Crippen molar-refractivity contribution in [1.82, 2.24) is 0 Å².